The molecule has 0 fully saturated rings. The molecule has 2 N–H and O–H groups in total. The molecule has 2 aromatic carbocycles. The molecule has 9 nitrogen and oxygen atoms in total. The third-order valence-electron chi connectivity index (χ3n) is 8.80. The zero-order chi connectivity index (χ0) is 39.2. The lowest BCUT2D eigenvalue weighted by atomic mass is 9.97. The molecule has 0 aromatic heterocycles. The molecule has 53 heavy (non-hydrogen) atoms. The smallest absolute Gasteiger partial charge is 0.227 e. The highest BCUT2D eigenvalue weighted by Gasteiger charge is 2.45. The van der Waals surface area contributed by atoms with E-state index in [-0.39, 0.29) is 52.2 Å². The second-order valence-electron chi connectivity index (χ2n) is 13.2. The van der Waals surface area contributed by atoms with E-state index in [0.29, 0.717) is 25.8 Å². The molecule has 0 amide bonds. The number of hydrogen-bond donors (Lipinski definition) is 2. The first-order valence-corrected chi connectivity index (χ1v) is 19.0. The maximum atomic E-state index is 12.6. The summed E-state index contributed by atoms with van der Waals surface area (Å²) >= 11 is 1.91. The normalized spacial score (nSPS) is 20.2. The maximum Gasteiger partial charge on any atom is 0.227 e. The molecule has 2 aliphatic heterocycles. The van der Waals surface area contributed by atoms with E-state index >= 15 is 0 Å². The Balaban J connectivity index is 0.000000304. The Labute approximate surface area is 320 Å². The van der Waals surface area contributed by atoms with Gasteiger partial charge in [-0.1, -0.05) is 132 Å². The van der Waals surface area contributed by atoms with Crippen molar-refractivity contribution in [2.24, 2.45) is 5.11 Å². The van der Waals surface area contributed by atoms with E-state index < -0.39 is 14.6 Å². The number of azide groups is 1. The van der Waals surface area contributed by atoms with Crippen LogP contribution in [0.25, 0.3) is 21.6 Å². The number of nitrogens with zero attached hydrogens (tertiary/aromatic N) is 3. The molecule has 0 bridgehead atoms. The summed E-state index contributed by atoms with van der Waals surface area (Å²) in [6.07, 6.45) is 10.6. The van der Waals surface area contributed by atoms with Crippen molar-refractivity contribution < 1.29 is 29.4 Å². The van der Waals surface area contributed by atoms with Crippen molar-refractivity contribution in [2.45, 2.75) is 82.1 Å². The Bertz CT molecular complexity index is 1910. The van der Waals surface area contributed by atoms with Gasteiger partial charge in [0, 0.05) is 24.3 Å². The monoisotopic (exact) mass is 753 g/mol. The van der Waals surface area contributed by atoms with Crippen molar-refractivity contribution in [3.63, 3.8) is 0 Å². The first kappa shape index (κ1) is 42.6. The predicted octanol–water partition coefficient (Wildman–Crippen LogP) is 10.6. The van der Waals surface area contributed by atoms with Gasteiger partial charge in [-0.15, -0.1) is 0 Å². The van der Waals surface area contributed by atoms with Gasteiger partial charge in [0.15, 0.2) is 11.6 Å². The summed E-state index contributed by atoms with van der Waals surface area (Å²) in [5, 5.41) is 23.5. The minimum atomic E-state index is -0.925. The number of carbonyl (C=O) groups excluding carboxylic acids is 4. The van der Waals surface area contributed by atoms with E-state index in [2.05, 4.69) is 59.6 Å². The third-order valence-corrected chi connectivity index (χ3v) is 11.0. The van der Waals surface area contributed by atoms with E-state index in [0.717, 1.165) is 47.5 Å². The van der Waals surface area contributed by atoms with Gasteiger partial charge < -0.3 is 10.2 Å². The van der Waals surface area contributed by atoms with Crippen LogP contribution < -0.4 is 0 Å². The molecular weight excluding hydrogens is 707 g/mol. The lowest BCUT2D eigenvalue weighted by Crippen LogP contribution is -2.18. The Morgan fingerprint density at radius 3 is 1.66 bits per heavy atom. The minimum Gasteiger partial charge on any atom is -0.510 e. The summed E-state index contributed by atoms with van der Waals surface area (Å²) < 4.78 is -1.83. The molecule has 2 aromatic rings. The van der Waals surface area contributed by atoms with E-state index in [1.807, 2.05) is 32.0 Å². The molecule has 4 rings (SSSR count). The van der Waals surface area contributed by atoms with Crippen LogP contribution in [0.2, 0.25) is 0 Å². The van der Waals surface area contributed by atoms with Crippen molar-refractivity contribution >= 4 is 45.3 Å². The molecule has 0 spiro atoms. The van der Waals surface area contributed by atoms with E-state index in [9.17, 15) is 29.4 Å². The van der Waals surface area contributed by atoms with Gasteiger partial charge >= 0.3 is 0 Å². The van der Waals surface area contributed by atoms with Crippen molar-refractivity contribution in [1.82, 2.24) is 0 Å². The summed E-state index contributed by atoms with van der Waals surface area (Å²) in [4.78, 5) is 51.8. The molecule has 0 unspecified atom stereocenters. The highest BCUT2D eigenvalue weighted by atomic mass is 32.2. The summed E-state index contributed by atoms with van der Waals surface area (Å²) in [5.74, 6) is -0.971. The van der Waals surface area contributed by atoms with E-state index in [4.69, 9.17) is 5.53 Å². The molecule has 2 aliphatic rings. The second-order valence-corrected chi connectivity index (χ2v) is 16.0. The topological polar surface area (TPSA) is 158 Å². The SMILES string of the molecule is C=C/C(C)=C/[C@@]1(C)SC(=O)C(C(=O)CCCCN=[N+]=[N-])=C1O.C=C/C(C)=C/[C@@]1(C)SC(=O)C(C(=O)CCCCc2ccc(-c3ccccc3)cc2)=C1O. The number of carbonyl (C=O) groups is 4. The van der Waals surface area contributed by atoms with Crippen LogP contribution in [0.5, 0.6) is 0 Å². The standard InChI is InChI=1S/C27H28O3S.C15H19N3O3S/c1-4-19(2)18-27(3)25(29)24(26(30)31-27)23(28)13-9-8-10-20-14-16-22(17-15-20)21-11-6-5-7-12-21;1-4-10(2)9-15(3)13(20)12(14(21)22-15)11(19)7-5-6-8-17-18-16/h4-7,11-12,14-18,29H,1,8-10,13H2,2-3H3;4,9,20H,1,5-8H2,2-3H3/b19-18+;10-9+/t27-;15-/m11/s1. The van der Waals surface area contributed by atoms with Crippen LogP contribution in [0.3, 0.4) is 0 Å². The van der Waals surface area contributed by atoms with Crippen molar-refractivity contribution in [1.29, 1.82) is 0 Å². The van der Waals surface area contributed by atoms with Gasteiger partial charge in [0.1, 0.15) is 22.7 Å². The van der Waals surface area contributed by atoms with E-state index in [1.165, 1.54) is 16.7 Å². The number of thioether (sulfide) groups is 2. The van der Waals surface area contributed by atoms with Crippen LogP contribution in [0.15, 0.2) is 131 Å². The third kappa shape index (κ3) is 11.6. The van der Waals surface area contributed by atoms with Gasteiger partial charge in [-0.25, -0.2) is 0 Å². The number of unbranched alkanes of at least 4 members (excludes halogenated alkanes) is 2. The number of rotatable bonds is 17. The number of benzene rings is 2. The maximum absolute atomic E-state index is 12.6. The molecule has 278 valence electrons. The lowest BCUT2D eigenvalue weighted by molar-refractivity contribution is -0.120. The first-order valence-electron chi connectivity index (χ1n) is 17.4. The van der Waals surface area contributed by atoms with Crippen molar-refractivity contribution in [3.05, 3.63) is 142 Å². The number of ketones is 2. The van der Waals surface area contributed by atoms with Crippen LogP contribution in [0.1, 0.15) is 71.8 Å². The van der Waals surface area contributed by atoms with Crippen LogP contribution in [0, 0.1) is 0 Å². The van der Waals surface area contributed by atoms with Gasteiger partial charge in [-0.05, 0) is 82.0 Å². The van der Waals surface area contributed by atoms with Crippen molar-refractivity contribution in [3.8, 4) is 11.1 Å². The Morgan fingerprint density at radius 1 is 0.755 bits per heavy atom. The summed E-state index contributed by atoms with van der Waals surface area (Å²) in [5.41, 5.74) is 13.3. The largest absolute Gasteiger partial charge is 0.510 e. The fourth-order valence-electron chi connectivity index (χ4n) is 5.82. The minimum absolute atomic E-state index is 0.0483. The molecule has 0 saturated carbocycles. The van der Waals surface area contributed by atoms with Gasteiger partial charge in [0.2, 0.25) is 10.2 Å². The van der Waals surface area contributed by atoms with Crippen molar-refractivity contribution in [2.75, 3.05) is 6.54 Å². The molecule has 0 saturated heterocycles. The number of Topliss-reactive ketones (excluding diaryl/α,β-unsaturated/α-hetero) is 2. The van der Waals surface area contributed by atoms with Crippen LogP contribution >= 0.6 is 23.5 Å². The summed E-state index contributed by atoms with van der Waals surface area (Å²) in [6.45, 7) is 14.8. The molecule has 0 aliphatic carbocycles. The highest BCUT2D eigenvalue weighted by Crippen LogP contribution is 2.45. The van der Waals surface area contributed by atoms with Crippen LogP contribution in [-0.2, 0) is 25.6 Å². The number of allylic oxidation sites excluding steroid dienone is 4. The van der Waals surface area contributed by atoms with Gasteiger partial charge in [-0.3, -0.25) is 19.2 Å². The molecule has 2 heterocycles. The Morgan fingerprint density at radius 2 is 1.21 bits per heavy atom. The second kappa shape index (κ2) is 19.9. The fourth-order valence-corrected chi connectivity index (χ4v) is 8.10. The number of hydrogen-bond acceptors (Lipinski definition) is 9. The number of aryl methyl sites for hydroxylation is 1. The Kier molecular flexibility index (Phi) is 15.9. The summed E-state index contributed by atoms with van der Waals surface area (Å²) in [6, 6.07) is 18.7. The quantitative estimate of drug-likeness (QED) is 0.0403. The molecule has 11 heteroatoms. The lowest BCUT2D eigenvalue weighted by Gasteiger charge is -2.18. The van der Waals surface area contributed by atoms with Crippen LogP contribution in [-0.4, -0.2) is 48.0 Å². The average Bonchev–Trinajstić information content (AvgIpc) is 3.50. The molecule has 0 radical (unpaired) electrons. The Hall–Kier alpha value is -4.83. The highest BCUT2D eigenvalue weighted by molar-refractivity contribution is 8.16. The summed E-state index contributed by atoms with van der Waals surface area (Å²) in [7, 11) is 0. The van der Waals surface area contributed by atoms with Gasteiger partial charge in [-0.2, -0.15) is 0 Å². The van der Waals surface area contributed by atoms with Gasteiger partial charge in [0.25, 0.3) is 0 Å². The zero-order valence-corrected chi connectivity index (χ0v) is 32.4. The molecule has 2 atom stereocenters. The fraction of sp³-hybridized carbons (Fsp3) is 0.333. The molecular formula is C42H47N3O6S2. The van der Waals surface area contributed by atoms with Crippen LogP contribution in [0.4, 0.5) is 0 Å². The first-order chi connectivity index (χ1) is 25.2. The van der Waals surface area contributed by atoms with E-state index in [1.54, 1.807) is 38.2 Å². The number of aliphatic hydroxyl groups is 2. The predicted molar refractivity (Wildman–Crippen MR) is 217 cm³/mol. The van der Waals surface area contributed by atoms with Gasteiger partial charge in [0.05, 0.1) is 9.49 Å². The number of aliphatic hydroxyl groups excluding tert-OH is 2. The average molecular weight is 754 g/mol. The zero-order valence-electron chi connectivity index (χ0n) is 30.8.